The zero-order valence-corrected chi connectivity index (χ0v) is 22.3. The highest BCUT2D eigenvalue weighted by Gasteiger charge is 2.60. The summed E-state index contributed by atoms with van der Waals surface area (Å²) in [7, 11) is 3.67. The van der Waals surface area contributed by atoms with Gasteiger partial charge in [0, 0.05) is 22.2 Å². The van der Waals surface area contributed by atoms with E-state index in [-0.39, 0.29) is 24.3 Å². The van der Waals surface area contributed by atoms with Crippen LogP contribution in [0.15, 0.2) is 54.6 Å². The van der Waals surface area contributed by atoms with E-state index in [0.717, 1.165) is 4.90 Å². The minimum Gasteiger partial charge on any atom is -0.597 e. The highest BCUT2D eigenvalue weighted by Crippen LogP contribution is 2.33. The fraction of sp³-hybridized carbons (Fsp3) is 0.261. The molecule has 0 bridgehead atoms. The minimum atomic E-state index is -2.17. The van der Waals surface area contributed by atoms with Crippen LogP contribution in [0.2, 0.25) is 10.0 Å². The lowest BCUT2D eigenvalue weighted by Crippen LogP contribution is -2.75. The zero-order valence-electron chi connectivity index (χ0n) is 19.2. The SMILES string of the molecule is C=C(C)C(C(=O)OCc1ccc([N+](=O)[O-])cc1)N1C(=O)C(NC(=O)Cc2cc(Cl)ccc2Cl)C1[S+]([O-])Cl. The maximum absolute atomic E-state index is 13.0. The van der Waals surface area contributed by atoms with E-state index in [2.05, 4.69) is 11.9 Å². The first-order valence-corrected chi connectivity index (χ1v) is 13.4. The Morgan fingerprint density at radius 2 is 1.89 bits per heavy atom. The Morgan fingerprint density at radius 3 is 2.46 bits per heavy atom. The van der Waals surface area contributed by atoms with Gasteiger partial charge in [0.2, 0.25) is 11.3 Å². The molecule has 2 aromatic carbocycles. The lowest BCUT2D eigenvalue weighted by atomic mass is 9.99. The molecule has 4 atom stereocenters. The van der Waals surface area contributed by atoms with Crippen molar-refractivity contribution in [3.63, 3.8) is 0 Å². The van der Waals surface area contributed by atoms with E-state index in [0.29, 0.717) is 21.2 Å². The van der Waals surface area contributed by atoms with Crippen molar-refractivity contribution in [2.45, 2.75) is 37.4 Å². The second-order valence-electron chi connectivity index (χ2n) is 8.12. The van der Waals surface area contributed by atoms with E-state index in [1.54, 1.807) is 6.07 Å². The molecular formula is C23H20Cl3N3O7S. The molecule has 1 aliphatic rings. The molecule has 3 rings (SSSR count). The number of rotatable bonds is 10. The highest BCUT2D eigenvalue weighted by atomic mass is 35.7. The molecule has 1 aliphatic heterocycles. The first-order valence-electron chi connectivity index (χ1n) is 10.6. The van der Waals surface area contributed by atoms with Gasteiger partial charge < -0.3 is 14.6 Å². The summed E-state index contributed by atoms with van der Waals surface area (Å²) >= 11 is 12.0. The summed E-state index contributed by atoms with van der Waals surface area (Å²) < 4.78 is 17.6. The van der Waals surface area contributed by atoms with E-state index in [9.17, 15) is 29.1 Å². The second-order valence-corrected chi connectivity index (χ2v) is 10.9. The number of nitro groups is 1. The topological polar surface area (TPSA) is 142 Å². The van der Waals surface area contributed by atoms with Gasteiger partial charge in [-0.05, 0) is 54.0 Å². The number of β-lactam (4-membered cyclic amide) rings is 1. The number of carbonyl (C=O) groups is 3. The van der Waals surface area contributed by atoms with Gasteiger partial charge in [-0.25, -0.2) is 4.79 Å². The number of nitrogens with one attached hydrogen (secondary N) is 1. The van der Waals surface area contributed by atoms with Crippen molar-refractivity contribution in [1.29, 1.82) is 0 Å². The molecule has 1 fully saturated rings. The van der Waals surface area contributed by atoms with Crippen LogP contribution in [0, 0.1) is 10.1 Å². The van der Waals surface area contributed by atoms with E-state index in [1.807, 2.05) is 0 Å². The molecule has 1 heterocycles. The lowest BCUT2D eigenvalue weighted by molar-refractivity contribution is -0.384. The molecule has 37 heavy (non-hydrogen) atoms. The number of non-ortho nitro benzene ring substituents is 1. The van der Waals surface area contributed by atoms with Gasteiger partial charge in [-0.15, -0.1) is 0 Å². The summed E-state index contributed by atoms with van der Waals surface area (Å²) in [5, 5.41) is 12.7. The number of nitrogens with zero attached hydrogens (tertiary/aromatic N) is 2. The van der Waals surface area contributed by atoms with Crippen LogP contribution < -0.4 is 5.32 Å². The van der Waals surface area contributed by atoms with Crippen molar-refractivity contribution in [3.05, 3.63) is 85.9 Å². The van der Waals surface area contributed by atoms with Gasteiger partial charge in [-0.3, -0.25) is 24.6 Å². The normalized spacial score (nSPS) is 18.4. The molecule has 0 spiro atoms. The minimum absolute atomic E-state index is 0.126. The van der Waals surface area contributed by atoms with Gasteiger partial charge in [0.05, 0.1) is 21.7 Å². The molecule has 2 amide bonds. The van der Waals surface area contributed by atoms with Crippen LogP contribution in [0.5, 0.6) is 0 Å². The molecule has 1 saturated heterocycles. The van der Waals surface area contributed by atoms with E-state index < -0.39 is 50.6 Å². The van der Waals surface area contributed by atoms with Crippen LogP contribution >= 0.6 is 33.9 Å². The number of ether oxygens (including phenoxy) is 1. The summed E-state index contributed by atoms with van der Waals surface area (Å²) in [6, 6.07) is 7.37. The van der Waals surface area contributed by atoms with Gasteiger partial charge in [0.25, 0.3) is 11.6 Å². The monoisotopic (exact) mass is 587 g/mol. The van der Waals surface area contributed by atoms with Crippen LogP contribution in [0.3, 0.4) is 0 Å². The lowest BCUT2D eigenvalue weighted by Gasteiger charge is -2.47. The summed E-state index contributed by atoms with van der Waals surface area (Å²) in [4.78, 5) is 49.6. The van der Waals surface area contributed by atoms with Crippen LogP contribution in [-0.4, -0.2) is 49.6 Å². The molecule has 10 nitrogen and oxygen atoms in total. The van der Waals surface area contributed by atoms with Crippen molar-refractivity contribution < 1.29 is 28.6 Å². The largest absolute Gasteiger partial charge is 0.597 e. The number of benzene rings is 2. The number of carbonyl (C=O) groups excluding carboxylic acids is 3. The summed E-state index contributed by atoms with van der Waals surface area (Å²) in [5.41, 5.74) is 0.981. The number of halogens is 3. The van der Waals surface area contributed by atoms with Crippen molar-refractivity contribution >= 4 is 67.7 Å². The van der Waals surface area contributed by atoms with Gasteiger partial charge in [0.15, 0.2) is 22.8 Å². The summed E-state index contributed by atoms with van der Waals surface area (Å²) in [5.74, 6) is -2.17. The van der Waals surface area contributed by atoms with Crippen molar-refractivity contribution in [2.24, 2.45) is 0 Å². The zero-order chi connectivity index (χ0) is 27.4. The Labute approximate surface area is 229 Å². The van der Waals surface area contributed by atoms with Crippen LogP contribution in [-0.2, 0) is 42.5 Å². The van der Waals surface area contributed by atoms with Gasteiger partial charge >= 0.3 is 5.97 Å². The van der Waals surface area contributed by atoms with Gasteiger partial charge in [-0.1, -0.05) is 29.8 Å². The molecular weight excluding hydrogens is 569 g/mol. The summed E-state index contributed by atoms with van der Waals surface area (Å²) in [6.45, 7) is 4.97. The predicted molar refractivity (Wildman–Crippen MR) is 138 cm³/mol. The first kappa shape index (κ1) is 28.7. The molecule has 4 unspecified atom stereocenters. The van der Waals surface area contributed by atoms with Crippen molar-refractivity contribution in [2.75, 3.05) is 0 Å². The Kier molecular flexibility index (Phi) is 9.43. The Bertz CT molecular complexity index is 1240. The van der Waals surface area contributed by atoms with Crippen molar-refractivity contribution in [3.8, 4) is 0 Å². The number of nitro benzene ring substituents is 1. The van der Waals surface area contributed by atoms with Crippen LogP contribution in [0.4, 0.5) is 5.69 Å². The predicted octanol–water partition coefficient (Wildman–Crippen LogP) is 3.69. The second kappa shape index (κ2) is 12.1. The van der Waals surface area contributed by atoms with E-state index >= 15 is 0 Å². The fourth-order valence-corrected chi connectivity index (χ4v) is 5.41. The van der Waals surface area contributed by atoms with Gasteiger partial charge in [-0.2, -0.15) is 0 Å². The smallest absolute Gasteiger partial charge is 0.333 e. The molecule has 1 N–H and O–H groups in total. The Hall–Kier alpha value is -2.83. The maximum atomic E-state index is 13.0. The molecule has 0 aliphatic carbocycles. The van der Waals surface area contributed by atoms with Crippen LogP contribution in [0.1, 0.15) is 18.1 Å². The highest BCUT2D eigenvalue weighted by molar-refractivity contribution is 8.14. The molecule has 14 heteroatoms. The summed E-state index contributed by atoms with van der Waals surface area (Å²) in [6.07, 6.45) is -0.202. The quantitative estimate of drug-likeness (QED) is 0.111. The third-order valence-corrected chi connectivity index (χ3v) is 7.47. The standard InChI is InChI=1S/C23H20Cl3N3O7S/c1-12(2)20(23(32)36-11-13-3-6-16(7-4-13)29(33)34)28-21(31)19(22(28)37(26)35)27-18(30)10-14-9-15(24)5-8-17(14)25/h3-9,19-20,22H,1,10-11H2,2H3,(H,27,30). The van der Waals surface area contributed by atoms with Crippen molar-refractivity contribution in [1.82, 2.24) is 10.2 Å². The average molecular weight is 589 g/mol. The average Bonchev–Trinajstić information content (AvgIpc) is 2.83. The van der Waals surface area contributed by atoms with Gasteiger partial charge in [0.1, 0.15) is 6.61 Å². The number of hydrogen-bond acceptors (Lipinski definition) is 7. The molecule has 196 valence electrons. The first-order chi connectivity index (χ1) is 17.4. The molecule has 2 aromatic rings. The van der Waals surface area contributed by atoms with E-state index in [1.165, 1.54) is 43.3 Å². The molecule has 0 saturated carbocycles. The number of likely N-dealkylation sites (tertiary alicyclic amines) is 1. The molecule has 0 radical (unpaired) electrons. The maximum Gasteiger partial charge on any atom is 0.333 e. The Balaban J connectivity index is 1.69. The molecule has 0 aromatic heterocycles. The number of esters is 1. The number of amides is 2. The van der Waals surface area contributed by atoms with E-state index in [4.69, 9.17) is 38.6 Å². The fourth-order valence-electron chi connectivity index (χ4n) is 3.67. The Morgan fingerprint density at radius 1 is 1.24 bits per heavy atom. The third-order valence-electron chi connectivity index (χ3n) is 5.44. The number of hydrogen-bond donors (Lipinski definition) is 1. The van der Waals surface area contributed by atoms with Crippen LogP contribution in [0.25, 0.3) is 0 Å². The third kappa shape index (κ3) is 6.74.